The van der Waals surface area contributed by atoms with Gasteiger partial charge in [-0.3, -0.25) is 10.2 Å². The van der Waals surface area contributed by atoms with Crippen LogP contribution in [0.15, 0.2) is 12.1 Å². The SMILES string of the molecule is CCN(CCNC)C1CCC(NC(N)c2cc(C(C)C)c(O)cc2O)CC1.COCN. The first-order valence-corrected chi connectivity index (χ1v) is 11.4. The molecule has 180 valence electrons. The molecule has 0 aliphatic heterocycles. The maximum Gasteiger partial charge on any atom is 0.125 e. The third-order valence-corrected chi connectivity index (χ3v) is 5.98. The van der Waals surface area contributed by atoms with E-state index in [0.717, 1.165) is 38.0 Å². The number of benzene rings is 1. The number of nitrogens with two attached hydrogens (primary N) is 2. The zero-order chi connectivity index (χ0) is 23.4. The molecular formula is C23H45N5O3. The Morgan fingerprint density at radius 3 is 2.19 bits per heavy atom. The smallest absolute Gasteiger partial charge is 0.125 e. The molecular weight excluding hydrogens is 394 g/mol. The molecule has 31 heavy (non-hydrogen) atoms. The second-order valence-corrected chi connectivity index (χ2v) is 8.46. The number of phenolic OH excluding ortho intramolecular Hbond substituents is 2. The van der Waals surface area contributed by atoms with Gasteiger partial charge in [-0.1, -0.05) is 20.8 Å². The number of hydrogen-bond acceptors (Lipinski definition) is 8. The summed E-state index contributed by atoms with van der Waals surface area (Å²) in [6.45, 7) is 9.79. The summed E-state index contributed by atoms with van der Waals surface area (Å²) in [5.74, 6) is 0.347. The zero-order valence-electron chi connectivity index (χ0n) is 20.0. The highest BCUT2D eigenvalue weighted by atomic mass is 16.5. The van der Waals surface area contributed by atoms with Crippen LogP contribution in [0.25, 0.3) is 0 Å². The van der Waals surface area contributed by atoms with Gasteiger partial charge in [-0.2, -0.15) is 0 Å². The van der Waals surface area contributed by atoms with E-state index in [1.807, 2.05) is 27.0 Å². The van der Waals surface area contributed by atoms with Crippen LogP contribution in [-0.4, -0.2) is 67.7 Å². The molecule has 1 aromatic rings. The topological polar surface area (TPSA) is 129 Å². The van der Waals surface area contributed by atoms with Crippen LogP contribution < -0.4 is 22.1 Å². The molecule has 1 aliphatic rings. The minimum atomic E-state index is -0.434. The van der Waals surface area contributed by atoms with Gasteiger partial charge in [-0.15, -0.1) is 0 Å². The Morgan fingerprint density at radius 2 is 1.71 bits per heavy atom. The van der Waals surface area contributed by atoms with Crippen LogP contribution in [0.1, 0.15) is 69.7 Å². The van der Waals surface area contributed by atoms with Crippen LogP contribution in [0.4, 0.5) is 0 Å². The van der Waals surface area contributed by atoms with Crippen LogP contribution in [0.3, 0.4) is 0 Å². The fourth-order valence-electron chi connectivity index (χ4n) is 4.13. The minimum Gasteiger partial charge on any atom is -0.508 e. The third-order valence-electron chi connectivity index (χ3n) is 5.98. The number of nitrogens with zero attached hydrogens (tertiary/aromatic N) is 1. The number of nitrogens with one attached hydrogen (secondary N) is 2. The molecule has 1 aliphatic carbocycles. The summed E-state index contributed by atoms with van der Waals surface area (Å²) in [5.41, 5.74) is 12.6. The molecule has 2 rings (SSSR count). The van der Waals surface area contributed by atoms with Gasteiger partial charge < -0.3 is 31.7 Å². The number of aromatic hydroxyl groups is 2. The van der Waals surface area contributed by atoms with Crippen LogP contribution in [0.5, 0.6) is 11.5 Å². The molecule has 0 amide bonds. The van der Waals surface area contributed by atoms with E-state index in [9.17, 15) is 10.2 Å². The molecule has 0 spiro atoms. The standard InChI is InChI=1S/C21H38N4O2.C2H7NO/c1-5-25(11-10-23-4)16-8-6-15(7-9-16)24-21(22)18-12-17(14(2)3)19(26)13-20(18)27;1-4-2-3/h12-16,21,23-24,26-27H,5-11,22H2,1-4H3;2-3H2,1H3. The van der Waals surface area contributed by atoms with Crippen LogP contribution >= 0.6 is 0 Å². The van der Waals surface area contributed by atoms with Gasteiger partial charge >= 0.3 is 0 Å². The predicted octanol–water partition coefficient (Wildman–Crippen LogP) is 2.17. The summed E-state index contributed by atoms with van der Waals surface area (Å²) in [7, 11) is 3.56. The van der Waals surface area contributed by atoms with Gasteiger partial charge in [0.15, 0.2) is 0 Å². The summed E-state index contributed by atoms with van der Waals surface area (Å²) < 4.78 is 4.32. The van der Waals surface area contributed by atoms with Crippen molar-refractivity contribution in [3.8, 4) is 11.5 Å². The predicted molar refractivity (Wildman–Crippen MR) is 127 cm³/mol. The number of hydrogen-bond donors (Lipinski definition) is 6. The van der Waals surface area contributed by atoms with Gasteiger partial charge in [0.1, 0.15) is 11.5 Å². The van der Waals surface area contributed by atoms with Crippen molar-refractivity contribution >= 4 is 0 Å². The Bertz CT molecular complexity index is 619. The third kappa shape index (κ3) is 8.92. The Kier molecular flexibility index (Phi) is 13.0. The zero-order valence-corrected chi connectivity index (χ0v) is 20.0. The summed E-state index contributed by atoms with van der Waals surface area (Å²) in [6, 6.07) is 4.24. The molecule has 1 atom stereocenters. The first-order valence-electron chi connectivity index (χ1n) is 11.4. The van der Waals surface area contributed by atoms with E-state index in [4.69, 9.17) is 11.5 Å². The summed E-state index contributed by atoms with van der Waals surface area (Å²) >= 11 is 0. The van der Waals surface area contributed by atoms with E-state index in [2.05, 4.69) is 27.2 Å². The first-order chi connectivity index (χ1) is 14.8. The van der Waals surface area contributed by atoms with E-state index >= 15 is 0 Å². The molecule has 0 aromatic heterocycles. The Labute approximate surface area is 188 Å². The van der Waals surface area contributed by atoms with Gasteiger partial charge in [0.05, 0.1) is 12.9 Å². The number of rotatable bonds is 10. The molecule has 0 bridgehead atoms. The molecule has 1 saturated carbocycles. The molecule has 8 N–H and O–H groups in total. The lowest BCUT2D eigenvalue weighted by Crippen LogP contribution is -2.46. The van der Waals surface area contributed by atoms with Crippen molar-refractivity contribution in [1.82, 2.24) is 15.5 Å². The van der Waals surface area contributed by atoms with Crippen LogP contribution in [-0.2, 0) is 4.74 Å². The Balaban J connectivity index is 0.00000110. The Hall–Kier alpha value is -1.42. The van der Waals surface area contributed by atoms with Crippen LogP contribution in [0.2, 0.25) is 0 Å². The average molecular weight is 440 g/mol. The van der Waals surface area contributed by atoms with Crippen molar-refractivity contribution in [1.29, 1.82) is 0 Å². The molecule has 0 saturated heterocycles. The minimum absolute atomic E-state index is 0.0507. The molecule has 0 radical (unpaired) electrons. The average Bonchev–Trinajstić information content (AvgIpc) is 2.75. The fraction of sp³-hybridized carbons (Fsp3) is 0.739. The lowest BCUT2D eigenvalue weighted by atomic mass is 9.89. The summed E-state index contributed by atoms with van der Waals surface area (Å²) in [5, 5.41) is 27.0. The van der Waals surface area contributed by atoms with Gasteiger partial charge in [-0.05, 0) is 56.8 Å². The van der Waals surface area contributed by atoms with Crippen molar-refractivity contribution < 1.29 is 14.9 Å². The maximum absolute atomic E-state index is 10.2. The van der Waals surface area contributed by atoms with E-state index < -0.39 is 6.17 Å². The highest BCUT2D eigenvalue weighted by Crippen LogP contribution is 2.34. The van der Waals surface area contributed by atoms with E-state index in [-0.39, 0.29) is 17.4 Å². The second kappa shape index (κ2) is 14.6. The van der Waals surface area contributed by atoms with Gasteiger partial charge in [0.25, 0.3) is 0 Å². The lowest BCUT2D eigenvalue weighted by molar-refractivity contribution is 0.148. The van der Waals surface area contributed by atoms with Crippen molar-refractivity contribution in [2.24, 2.45) is 11.5 Å². The summed E-state index contributed by atoms with van der Waals surface area (Å²) in [6.07, 6.45) is 4.08. The number of phenols is 2. The second-order valence-electron chi connectivity index (χ2n) is 8.46. The van der Waals surface area contributed by atoms with E-state index in [1.54, 1.807) is 7.11 Å². The van der Waals surface area contributed by atoms with Crippen molar-refractivity contribution in [3.05, 3.63) is 23.3 Å². The van der Waals surface area contributed by atoms with Crippen LogP contribution in [0, 0.1) is 0 Å². The molecule has 1 unspecified atom stereocenters. The molecule has 1 fully saturated rings. The van der Waals surface area contributed by atoms with E-state index in [0.29, 0.717) is 24.4 Å². The molecule has 1 aromatic carbocycles. The van der Waals surface area contributed by atoms with E-state index in [1.165, 1.54) is 18.9 Å². The van der Waals surface area contributed by atoms with Crippen molar-refractivity contribution in [3.63, 3.8) is 0 Å². The lowest BCUT2D eigenvalue weighted by Gasteiger charge is -2.37. The number of ether oxygens (including phenoxy) is 1. The highest BCUT2D eigenvalue weighted by molar-refractivity contribution is 5.47. The number of likely N-dealkylation sites (N-methyl/N-ethyl adjacent to an activating group) is 2. The van der Waals surface area contributed by atoms with Crippen molar-refractivity contribution in [2.75, 3.05) is 40.5 Å². The van der Waals surface area contributed by atoms with Gasteiger partial charge in [-0.25, -0.2) is 0 Å². The fourth-order valence-corrected chi connectivity index (χ4v) is 4.13. The number of methoxy groups -OCH3 is 1. The quantitative estimate of drug-likeness (QED) is 0.306. The Morgan fingerprint density at radius 1 is 1.13 bits per heavy atom. The molecule has 8 heteroatoms. The maximum atomic E-state index is 10.2. The molecule has 0 heterocycles. The van der Waals surface area contributed by atoms with Gasteiger partial charge in [0, 0.05) is 43.9 Å². The monoisotopic (exact) mass is 439 g/mol. The largest absolute Gasteiger partial charge is 0.508 e. The van der Waals surface area contributed by atoms with Crippen molar-refractivity contribution in [2.45, 2.75) is 70.6 Å². The normalized spacial score (nSPS) is 19.9. The molecule has 8 nitrogen and oxygen atoms in total. The highest BCUT2D eigenvalue weighted by Gasteiger charge is 2.26. The van der Waals surface area contributed by atoms with Gasteiger partial charge in [0.2, 0.25) is 0 Å². The summed E-state index contributed by atoms with van der Waals surface area (Å²) in [4.78, 5) is 2.56. The first kappa shape index (κ1) is 27.6.